The van der Waals surface area contributed by atoms with Gasteiger partial charge in [-0.05, 0) is 252 Å². The van der Waals surface area contributed by atoms with E-state index in [4.69, 9.17) is 10.5 Å². The summed E-state index contributed by atoms with van der Waals surface area (Å²) in [6.45, 7) is 14.6. The van der Waals surface area contributed by atoms with Crippen molar-refractivity contribution in [2.75, 3.05) is 32.5 Å². The number of epoxide rings is 1. The molecule has 11 heteroatoms. The van der Waals surface area contributed by atoms with Crippen molar-refractivity contribution in [2.45, 2.75) is 230 Å². The first-order valence-corrected chi connectivity index (χ1v) is 32.3. The molecule has 2 spiro atoms. The van der Waals surface area contributed by atoms with Crippen LogP contribution in [-0.4, -0.2) is 93.4 Å². The fraction of sp³-hybridized carbons (Fsp3) is 0.768. The second-order valence-corrected chi connectivity index (χ2v) is 30.5. The first-order chi connectivity index (χ1) is 38.1. The van der Waals surface area contributed by atoms with E-state index in [9.17, 15) is 25.5 Å². The highest BCUT2D eigenvalue weighted by Crippen LogP contribution is 2.80. The first-order valence-electron chi connectivity index (χ1n) is 32.3. The van der Waals surface area contributed by atoms with E-state index in [0.29, 0.717) is 56.9 Å². The Balaban J connectivity index is 1.00. The average Bonchev–Trinajstić information content (AvgIpc) is 1.24. The number of aromatic hydroxyl groups is 1. The lowest BCUT2D eigenvalue weighted by molar-refractivity contribution is -0.232. The maximum absolute atomic E-state index is 16.7. The number of rotatable bonds is 12. The molecule has 19 atom stereocenters. The first kappa shape index (κ1) is 57.3. The molecule has 9 N–H and O–H groups in total. The molecule has 8 aliphatic carbocycles. The number of nitrogens with two attached hydrogens (primary N) is 1. The molecule has 11 nitrogen and oxygen atoms in total. The zero-order chi connectivity index (χ0) is 56.5. The van der Waals surface area contributed by atoms with Crippen molar-refractivity contribution in [1.82, 2.24) is 10.6 Å². The molecule has 2 aromatic rings. The van der Waals surface area contributed by atoms with Gasteiger partial charge >= 0.3 is 0 Å². The van der Waals surface area contributed by atoms with Crippen LogP contribution in [0.2, 0.25) is 0 Å². The zero-order valence-corrected chi connectivity index (χ0v) is 49.9. The number of carbonyl (C=O) groups is 2. The van der Waals surface area contributed by atoms with Gasteiger partial charge in [-0.3, -0.25) is 9.59 Å². The second kappa shape index (κ2) is 20.8. The molecular formula is C69H101N3O8. The van der Waals surface area contributed by atoms with Crippen LogP contribution in [-0.2, 0) is 32.7 Å². The Morgan fingerprint density at radius 1 is 0.863 bits per heavy atom. The van der Waals surface area contributed by atoms with Crippen LogP contribution in [0.3, 0.4) is 0 Å². The van der Waals surface area contributed by atoms with Crippen molar-refractivity contribution in [3.05, 3.63) is 69.8 Å². The van der Waals surface area contributed by atoms with E-state index >= 15 is 9.59 Å². The predicted molar refractivity (Wildman–Crippen MR) is 314 cm³/mol. The summed E-state index contributed by atoms with van der Waals surface area (Å²) in [5.74, 6) is 1.89. The molecule has 19 unspecified atom stereocenters. The minimum absolute atomic E-state index is 0.0225. The Bertz CT molecular complexity index is 2740. The van der Waals surface area contributed by atoms with Crippen LogP contribution in [0.15, 0.2) is 47.5 Å². The number of hydrogen-bond acceptors (Lipinski definition) is 11. The van der Waals surface area contributed by atoms with Crippen LogP contribution in [0.5, 0.6) is 5.75 Å². The number of aliphatic hydroxyl groups excluding tert-OH is 3. The summed E-state index contributed by atoms with van der Waals surface area (Å²) in [4.78, 5) is 33.0. The molecule has 7 bridgehead atoms. The van der Waals surface area contributed by atoms with Crippen molar-refractivity contribution in [2.24, 2.45) is 74.9 Å². The van der Waals surface area contributed by atoms with E-state index in [1.54, 1.807) is 0 Å². The molecule has 6 saturated carbocycles. The summed E-state index contributed by atoms with van der Waals surface area (Å²) >= 11 is 0. The Labute approximate surface area is 478 Å². The molecule has 2 aliphatic heterocycles. The lowest BCUT2D eigenvalue weighted by atomic mass is 9.30. The van der Waals surface area contributed by atoms with Crippen molar-refractivity contribution >= 4 is 17.3 Å². The fourth-order valence-electron chi connectivity index (χ4n) is 22.8. The molecule has 12 rings (SSSR count). The number of phenolic OH excluding ortho intramolecular Hbond substituents is 1. The fourth-order valence-corrected chi connectivity index (χ4v) is 22.8. The van der Waals surface area contributed by atoms with E-state index in [2.05, 4.69) is 69.5 Å². The van der Waals surface area contributed by atoms with Crippen molar-refractivity contribution in [1.29, 1.82) is 0 Å². The molecule has 0 amide bonds. The molecule has 2 aromatic carbocycles. The lowest BCUT2D eigenvalue weighted by Gasteiger charge is -2.74. The van der Waals surface area contributed by atoms with Gasteiger partial charge in [0, 0.05) is 55.3 Å². The highest BCUT2D eigenvalue weighted by Gasteiger charge is 2.78. The van der Waals surface area contributed by atoms with Gasteiger partial charge in [0.1, 0.15) is 17.6 Å². The number of phenols is 1. The van der Waals surface area contributed by atoms with Gasteiger partial charge in [0.2, 0.25) is 0 Å². The minimum atomic E-state index is -0.943. The minimum Gasteiger partial charge on any atom is -0.508 e. The van der Waals surface area contributed by atoms with E-state index in [0.717, 1.165) is 132 Å². The summed E-state index contributed by atoms with van der Waals surface area (Å²) < 4.78 is 6.92. The number of nitrogens with one attached hydrogen (secondary N) is 2. The van der Waals surface area contributed by atoms with Gasteiger partial charge in [0.15, 0.2) is 5.78 Å². The van der Waals surface area contributed by atoms with Crippen LogP contribution in [0, 0.1) is 74.9 Å². The SMILES string of the molecule is CNCc1cc(O)cc(C23CCCC45CC(=O)C6=C4CCC4C(C)(C2)C2C(CC45C(CO)CCC4CCC(CO)CC4C6CC(O)C4OC4(C)C4CCCC4c4cc(N)cc(CC(C)C)c4)NCC(C)(O)CCCCC2(C)C3=O)c1. The normalized spacial score (nSPS) is 44.7. The Morgan fingerprint density at radius 2 is 1.65 bits per heavy atom. The standard InChI is InChI=1S/C69H101N3O8/c1-40(2)24-42-25-45(30-48(70)27-42)50-12-10-13-53(50)66(6)61(80-66)56(76)32-52-51-29-41(36-73)14-15-44(51)16-17-46(37-74)69-33-55-60-64(4,21-9-8-20-63(3,79)39-72-55)62(78)67(47-26-43(35-71-7)28-49(75)31-47)22-11-23-68(69)34-57(77)59(52)54(68)18-19-58(69)65(60,5)38-67/h25-28,30-31,40-41,44,46,50-53,55-56,58,60-61,71-76,79H,8-24,29,32-39,70H2,1-7H3. The number of fused-ring (bicyclic) bond motifs is 2. The van der Waals surface area contributed by atoms with E-state index in [1.165, 1.54) is 16.7 Å². The van der Waals surface area contributed by atoms with E-state index in [-0.39, 0.29) is 90.2 Å². The second-order valence-electron chi connectivity index (χ2n) is 30.5. The third kappa shape index (κ3) is 8.92. The Kier molecular flexibility index (Phi) is 14.9. The molecule has 80 heavy (non-hydrogen) atoms. The van der Waals surface area contributed by atoms with Gasteiger partial charge < -0.3 is 46.6 Å². The Hall–Kier alpha value is -3.16. The van der Waals surface area contributed by atoms with Gasteiger partial charge in [-0.25, -0.2) is 0 Å². The topological polar surface area (TPSA) is 198 Å². The van der Waals surface area contributed by atoms with Gasteiger partial charge in [0.05, 0.1) is 22.7 Å². The zero-order valence-electron chi connectivity index (χ0n) is 49.9. The van der Waals surface area contributed by atoms with Crippen LogP contribution < -0.4 is 16.4 Å². The third-order valence-electron chi connectivity index (χ3n) is 25.4. The van der Waals surface area contributed by atoms with E-state index < -0.39 is 44.4 Å². The molecule has 0 radical (unpaired) electrons. The highest BCUT2D eigenvalue weighted by atomic mass is 16.6. The maximum atomic E-state index is 16.7. The van der Waals surface area contributed by atoms with Crippen molar-refractivity contribution in [3.63, 3.8) is 0 Å². The van der Waals surface area contributed by atoms with Gasteiger partial charge in [-0.15, -0.1) is 0 Å². The molecule has 2 heterocycles. The van der Waals surface area contributed by atoms with Gasteiger partial charge in [0.25, 0.3) is 0 Å². The van der Waals surface area contributed by atoms with Crippen molar-refractivity contribution < 1.29 is 39.9 Å². The molecule has 0 aromatic heterocycles. The van der Waals surface area contributed by atoms with Crippen molar-refractivity contribution in [3.8, 4) is 5.75 Å². The number of benzene rings is 2. The molecular weight excluding hydrogens is 999 g/mol. The molecule has 440 valence electrons. The number of carbonyl (C=O) groups excluding carboxylic acids is 2. The lowest BCUT2D eigenvalue weighted by Crippen LogP contribution is -2.74. The van der Waals surface area contributed by atoms with Gasteiger partial charge in [-0.1, -0.05) is 71.1 Å². The van der Waals surface area contributed by atoms with E-state index in [1.807, 2.05) is 26.1 Å². The quantitative estimate of drug-likeness (QED) is 0.0744. The molecule has 8 fully saturated rings. The number of β-amino-alcohol motifs (C(OH)–C–C–N with tert-alkyl or cyclic N) is 1. The summed E-state index contributed by atoms with van der Waals surface area (Å²) in [6, 6.07) is 12.4. The largest absolute Gasteiger partial charge is 0.508 e. The number of ether oxygens (including phenoxy) is 1. The van der Waals surface area contributed by atoms with Crippen LogP contribution >= 0.6 is 0 Å². The average molecular weight is 1100 g/mol. The monoisotopic (exact) mass is 1100 g/mol. The smallest absolute Gasteiger partial charge is 0.160 e. The molecule has 10 aliphatic rings. The van der Waals surface area contributed by atoms with Crippen LogP contribution in [0.25, 0.3) is 0 Å². The van der Waals surface area contributed by atoms with Gasteiger partial charge in [-0.2, -0.15) is 0 Å². The van der Waals surface area contributed by atoms with Crippen LogP contribution in [0.1, 0.15) is 205 Å². The predicted octanol–water partition coefficient (Wildman–Crippen LogP) is 10.8. The number of anilines is 1. The number of ketones is 2. The summed E-state index contributed by atoms with van der Waals surface area (Å²) in [6.07, 6.45) is 16.3. The number of hydrogen-bond donors (Lipinski definition) is 8. The molecule has 2 saturated heterocycles. The summed E-state index contributed by atoms with van der Waals surface area (Å²) in [5, 5.41) is 67.7. The third-order valence-corrected chi connectivity index (χ3v) is 25.4. The number of aliphatic hydroxyl groups is 4. The highest BCUT2D eigenvalue weighted by molar-refractivity contribution is 6.01. The Morgan fingerprint density at radius 3 is 2.41 bits per heavy atom. The summed E-state index contributed by atoms with van der Waals surface area (Å²) in [5.41, 5.74) is 9.49. The maximum Gasteiger partial charge on any atom is 0.160 e. The number of allylic oxidation sites excluding steroid dienone is 2. The summed E-state index contributed by atoms with van der Waals surface area (Å²) in [7, 11) is 1.92. The number of Topliss-reactive ketones (excluding diaryl/α,β-unsaturated/α-hetero) is 2. The number of nitrogen functional groups attached to an aromatic ring is 1. The van der Waals surface area contributed by atoms with Crippen LogP contribution in [0.4, 0.5) is 5.69 Å².